The third-order valence-corrected chi connectivity index (χ3v) is 3.66. The van der Waals surface area contributed by atoms with Crippen LogP contribution in [0.3, 0.4) is 0 Å². The summed E-state index contributed by atoms with van der Waals surface area (Å²) in [5.74, 6) is 1.70. The largest absolute Gasteiger partial charge is 0.493 e. The molecule has 0 saturated heterocycles. The maximum atomic E-state index is 5.85. The molecule has 0 amide bonds. The molecule has 0 aliphatic carbocycles. The highest BCUT2D eigenvalue weighted by molar-refractivity contribution is 5.48. The zero-order chi connectivity index (χ0) is 13.9. The van der Waals surface area contributed by atoms with Crippen LogP contribution in [0.1, 0.15) is 11.3 Å². The van der Waals surface area contributed by atoms with Crippen LogP contribution >= 0.6 is 0 Å². The van der Waals surface area contributed by atoms with Gasteiger partial charge in [0.05, 0.1) is 19.1 Å². The molecule has 2 aromatic rings. The molecule has 1 N–H and O–H groups in total. The molecule has 1 aromatic carbocycles. The topological polar surface area (TPSA) is 48.3 Å². The number of hydrogen-bond acceptors (Lipinski definition) is 4. The smallest absolute Gasteiger partial charge is 0.164 e. The van der Waals surface area contributed by atoms with Crippen LogP contribution in [0.15, 0.2) is 30.7 Å². The zero-order valence-corrected chi connectivity index (χ0v) is 11.8. The number of para-hydroxylation sites is 1. The molecule has 20 heavy (non-hydrogen) atoms. The third kappa shape index (κ3) is 2.49. The Kier molecular flexibility index (Phi) is 3.60. The van der Waals surface area contributed by atoms with Crippen molar-refractivity contribution in [2.24, 2.45) is 7.05 Å². The Labute approximate surface area is 118 Å². The number of hydrogen-bond donors (Lipinski definition) is 1. The number of benzene rings is 1. The number of rotatable bonds is 4. The Morgan fingerprint density at radius 1 is 1.50 bits per heavy atom. The van der Waals surface area contributed by atoms with Crippen LogP contribution < -0.4 is 14.8 Å². The van der Waals surface area contributed by atoms with Crippen molar-refractivity contribution >= 4 is 0 Å². The number of methoxy groups -OCH3 is 1. The monoisotopic (exact) mass is 273 g/mol. The number of nitrogens with one attached hydrogen (secondary N) is 1. The lowest BCUT2D eigenvalue weighted by molar-refractivity contribution is 0.226. The first-order valence-electron chi connectivity index (χ1n) is 6.75. The molecule has 0 fully saturated rings. The molecule has 1 aliphatic rings. The first-order valence-corrected chi connectivity index (χ1v) is 6.75. The van der Waals surface area contributed by atoms with Crippen LogP contribution in [0.5, 0.6) is 11.5 Å². The molecule has 0 bridgehead atoms. The number of nitrogens with zero attached hydrogens (tertiary/aromatic N) is 2. The minimum Gasteiger partial charge on any atom is -0.493 e. The highest BCUT2D eigenvalue weighted by atomic mass is 16.5. The van der Waals surface area contributed by atoms with E-state index in [1.165, 1.54) is 11.3 Å². The Balaban J connectivity index is 1.65. The summed E-state index contributed by atoms with van der Waals surface area (Å²) < 4.78 is 13.2. The van der Waals surface area contributed by atoms with Crippen molar-refractivity contribution < 1.29 is 9.47 Å². The van der Waals surface area contributed by atoms with Crippen LogP contribution in [0.2, 0.25) is 0 Å². The van der Waals surface area contributed by atoms with Gasteiger partial charge in [-0.3, -0.25) is 0 Å². The molecule has 2 heterocycles. The van der Waals surface area contributed by atoms with Gasteiger partial charge in [-0.25, -0.2) is 4.98 Å². The maximum Gasteiger partial charge on any atom is 0.164 e. The molecule has 0 spiro atoms. The Morgan fingerprint density at radius 2 is 2.40 bits per heavy atom. The second kappa shape index (κ2) is 5.54. The van der Waals surface area contributed by atoms with Gasteiger partial charge in [-0.05, 0) is 18.1 Å². The number of ether oxygens (including phenoxy) is 2. The number of imidazole rings is 1. The molecule has 1 atom stereocenters. The van der Waals surface area contributed by atoms with Crippen LogP contribution in [-0.4, -0.2) is 29.3 Å². The highest BCUT2D eigenvalue weighted by Gasteiger charge is 2.22. The molecule has 1 aliphatic heterocycles. The molecular weight excluding hydrogens is 254 g/mol. The molecule has 3 rings (SSSR count). The summed E-state index contributed by atoms with van der Waals surface area (Å²) in [6, 6.07) is 6.34. The van der Waals surface area contributed by atoms with Gasteiger partial charge in [-0.1, -0.05) is 12.1 Å². The number of aromatic nitrogens is 2. The lowest BCUT2D eigenvalue weighted by atomic mass is 10.0. The predicted octanol–water partition coefficient (Wildman–Crippen LogP) is 1.52. The van der Waals surface area contributed by atoms with E-state index in [0.717, 1.165) is 24.5 Å². The molecule has 5 nitrogen and oxygen atoms in total. The normalized spacial score (nSPS) is 17.4. The predicted molar refractivity (Wildman–Crippen MR) is 76.0 cm³/mol. The van der Waals surface area contributed by atoms with Crippen molar-refractivity contribution in [1.29, 1.82) is 0 Å². The van der Waals surface area contributed by atoms with E-state index in [0.29, 0.717) is 12.6 Å². The fourth-order valence-corrected chi connectivity index (χ4v) is 2.49. The molecule has 0 saturated carbocycles. The Bertz CT molecular complexity index is 595. The maximum absolute atomic E-state index is 5.85. The molecule has 1 unspecified atom stereocenters. The van der Waals surface area contributed by atoms with E-state index >= 15 is 0 Å². The van der Waals surface area contributed by atoms with E-state index < -0.39 is 0 Å². The molecule has 1 aromatic heterocycles. The van der Waals surface area contributed by atoms with E-state index in [1.807, 2.05) is 36.3 Å². The van der Waals surface area contributed by atoms with Gasteiger partial charge in [-0.2, -0.15) is 0 Å². The van der Waals surface area contributed by atoms with Crippen molar-refractivity contribution in [1.82, 2.24) is 14.9 Å². The number of aryl methyl sites for hydroxylation is 1. The zero-order valence-electron chi connectivity index (χ0n) is 11.8. The van der Waals surface area contributed by atoms with Gasteiger partial charge < -0.3 is 19.4 Å². The van der Waals surface area contributed by atoms with Crippen molar-refractivity contribution in [2.45, 2.75) is 19.0 Å². The van der Waals surface area contributed by atoms with Crippen molar-refractivity contribution in [2.75, 3.05) is 13.7 Å². The molecular formula is C15H19N3O2. The van der Waals surface area contributed by atoms with Gasteiger partial charge >= 0.3 is 0 Å². The van der Waals surface area contributed by atoms with E-state index in [2.05, 4.69) is 16.4 Å². The third-order valence-electron chi connectivity index (χ3n) is 3.66. The van der Waals surface area contributed by atoms with Gasteiger partial charge in [0.1, 0.15) is 6.61 Å². The summed E-state index contributed by atoms with van der Waals surface area (Å²) in [6.45, 7) is 1.45. The summed E-state index contributed by atoms with van der Waals surface area (Å²) in [5, 5.41) is 3.52. The summed E-state index contributed by atoms with van der Waals surface area (Å²) in [7, 11) is 3.67. The molecule has 0 radical (unpaired) electrons. The van der Waals surface area contributed by atoms with Gasteiger partial charge in [0.25, 0.3) is 0 Å². The molecule has 106 valence electrons. The lowest BCUT2D eigenvalue weighted by Gasteiger charge is -2.27. The minimum atomic E-state index is 0.310. The van der Waals surface area contributed by atoms with Crippen LogP contribution in [0.4, 0.5) is 0 Å². The summed E-state index contributed by atoms with van der Waals surface area (Å²) >= 11 is 0. The average Bonchev–Trinajstić information content (AvgIpc) is 2.89. The fraction of sp³-hybridized carbons (Fsp3) is 0.400. The Hall–Kier alpha value is -2.01. The summed E-state index contributed by atoms with van der Waals surface area (Å²) in [6.07, 6.45) is 4.65. The fourth-order valence-electron chi connectivity index (χ4n) is 2.49. The lowest BCUT2D eigenvalue weighted by Crippen LogP contribution is -2.39. The summed E-state index contributed by atoms with van der Waals surface area (Å²) in [4.78, 5) is 4.12. The SMILES string of the molecule is COc1cccc2c1OCC(NCc1cncn1C)C2. The van der Waals surface area contributed by atoms with Crippen molar-refractivity contribution in [3.05, 3.63) is 42.0 Å². The summed E-state index contributed by atoms with van der Waals surface area (Å²) in [5.41, 5.74) is 2.36. The number of fused-ring (bicyclic) bond motifs is 1. The molecule has 5 heteroatoms. The quantitative estimate of drug-likeness (QED) is 0.917. The first kappa shape index (κ1) is 13.0. The Morgan fingerprint density at radius 3 is 3.15 bits per heavy atom. The minimum absolute atomic E-state index is 0.310. The van der Waals surface area contributed by atoms with Gasteiger partial charge in [0.15, 0.2) is 11.5 Å². The standard InChI is InChI=1S/C15H19N3O2/c1-18-10-16-7-13(18)8-17-12-6-11-4-3-5-14(19-2)15(11)20-9-12/h3-5,7,10,12,17H,6,8-9H2,1-2H3. The van der Waals surface area contributed by atoms with E-state index in [9.17, 15) is 0 Å². The highest BCUT2D eigenvalue weighted by Crippen LogP contribution is 2.34. The van der Waals surface area contributed by atoms with Crippen molar-refractivity contribution in [3.63, 3.8) is 0 Å². The van der Waals surface area contributed by atoms with Crippen LogP contribution in [0.25, 0.3) is 0 Å². The second-order valence-electron chi connectivity index (χ2n) is 5.04. The van der Waals surface area contributed by atoms with Gasteiger partial charge in [0, 0.05) is 25.8 Å². The van der Waals surface area contributed by atoms with Crippen molar-refractivity contribution in [3.8, 4) is 11.5 Å². The average molecular weight is 273 g/mol. The van der Waals surface area contributed by atoms with E-state index in [1.54, 1.807) is 7.11 Å². The second-order valence-corrected chi connectivity index (χ2v) is 5.04. The van der Waals surface area contributed by atoms with Crippen LogP contribution in [-0.2, 0) is 20.0 Å². The first-order chi connectivity index (χ1) is 9.78. The van der Waals surface area contributed by atoms with Gasteiger partial charge in [0.2, 0.25) is 0 Å². The van der Waals surface area contributed by atoms with E-state index in [-0.39, 0.29) is 0 Å². The van der Waals surface area contributed by atoms with Crippen LogP contribution in [0, 0.1) is 0 Å². The van der Waals surface area contributed by atoms with E-state index in [4.69, 9.17) is 9.47 Å². The van der Waals surface area contributed by atoms with Gasteiger partial charge in [-0.15, -0.1) is 0 Å².